The van der Waals surface area contributed by atoms with Crippen molar-refractivity contribution < 1.29 is 0 Å². The molecule has 1 unspecified atom stereocenters. The summed E-state index contributed by atoms with van der Waals surface area (Å²) in [4.78, 5) is 6.73. The van der Waals surface area contributed by atoms with Crippen molar-refractivity contribution in [1.29, 1.82) is 0 Å². The first-order chi connectivity index (χ1) is 6.40. The molecule has 2 nitrogen and oxygen atoms in total. The topological polar surface area (TPSA) is 16.1 Å². The van der Waals surface area contributed by atoms with Gasteiger partial charge < -0.3 is 4.90 Å². The van der Waals surface area contributed by atoms with Gasteiger partial charge in [0.2, 0.25) is 0 Å². The van der Waals surface area contributed by atoms with E-state index < -0.39 is 0 Å². The maximum atomic E-state index is 4.33. The van der Waals surface area contributed by atoms with Crippen molar-refractivity contribution in [1.82, 2.24) is 4.98 Å². The third-order valence-electron chi connectivity index (χ3n) is 2.49. The molecule has 72 valence electrons. The lowest BCUT2D eigenvalue weighted by Gasteiger charge is -2.14. The first-order valence-corrected chi connectivity index (χ1v) is 6.60. The lowest BCUT2D eigenvalue weighted by atomic mass is 10.1. The standard InChI is InChI=1S/C9H13BrN2S/c10-3-1-8-2-5-12(7-8)9-11-4-6-13-9/h4,6,8H,1-3,5,7H2. The fourth-order valence-electron chi connectivity index (χ4n) is 1.77. The van der Waals surface area contributed by atoms with Gasteiger partial charge in [0.1, 0.15) is 0 Å². The predicted octanol–water partition coefficient (Wildman–Crippen LogP) is 2.75. The van der Waals surface area contributed by atoms with Gasteiger partial charge in [-0.15, -0.1) is 11.3 Å². The zero-order chi connectivity index (χ0) is 9.10. The number of hydrogen-bond acceptors (Lipinski definition) is 3. The van der Waals surface area contributed by atoms with Crippen LogP contribution in [0.1, 0.15) is 12.8 Å². The van der Waals surface area contributed by atoms with Crippen molar-refractivity contribution in [3.63, 3.8) is 0 Å². The molecule has 13 heavy (non-hydrogen) atoms. The quantitative estimate of drug-likeness (QED) is 0.778. The molecule has 0 radical (unpaired) electrons. The molecule has 1 aliphatic rings. The Labute approximate surface area is 91.1 Å². The first-order valence-electron chi connectivity index (χ1n) is 4.60. The second-order valence-corrected chi connectivity index (χ2v) is 5.06. The van der Waals surface area contributed by atoms with Crippen LogP contribution in [0, 0.1) is 5.92 Å². The Morgan fingerprint density at radius 3 is 3.31 bits per heavy atom. The molecule has 1 aliphatic heterocycles. The maximum absolute atomic E-state index is 4.33. The average Bonchev–Trinajstić information content (AvgIpc) is 2.70. The second kappa shape index (κ2) is 4.42. The Morgan fingerprint density at radius 1 is 1.69 bits per heavy atom. The van der Waals surface area contributed by atoms with E-state index in [0.29, 0.717) is 0 Å². The van der Waals surface area contributed by atoms with Crippen LogP contribution >= 0.6 is 27.3 Å². The number of alkyl halides is 1. The summed E-state index contributed by atoms with van der Waals surface area (Å²) in [7, 11) is 0. The van der Waals surface area contributed by atoms with E-state index in [2.05, 4.69) is 25.8 Å². The molecule has 2 rings (SSSR count). The third kappa shape index (κ3) is 2.23. The van der Waals surface area contributed by atoms with E-state index in [1.54, 1.807) is 11.3 Å². The van der Waals surface area contributed by atoms with E-state index in [1.807, 2.05) is 11.6 Å². The molecule has 1 saturated heterocycles. The van der Waals surface area contributed by atoms with Gasteiger partial charge in [-0.2, -0.15) is 0 Å². The minimum atomic E-state index is 0.864. The molecule has 0 saturated carbocycles. The third-order valence-corrected chi connectivity index (χ3v) is 3.78. The molecule has 0 amide bonds. The van der Waals surface area contributed by atoms with Gasteiger partial charge in [0.25, 0.3) is 0 Å². The lowest BCUT2D eigenvalue weighted by Crippen LogP contribution is -2.19. The van der Waals surface area contributed by atoms with Crippen molar-refractivity contribution in [3.05, 3.63) is 11.6 Å². The second-order valence-electron chi connectivity index (χ2n) is 3.39. The number of nitrogens with zero attached hydrogens (tertiary/aromatic N) is 2. The average molecular weight is 261 g/mol. The van der Waals surface area contributed by atoms with E-state index in [4.69, 9.17) is 0 Å². The maximum Gasteiger partial charge on any atom is 0.185 e. The van der Waals surface area contributed by atoms with Gasteiger partial charge in [-0.05, 0) is 18.8 Å². The van der Waals surface area contributed by atoms with Gasteiger partial charge in [-0.1, -0.05) is 15.9 Å². The Hall–Kier alpha value is -0.0900. The van der Waals surface area contributed by atoms with Crippen LogP contribution in [0.2, 0.25) is 0 Å². The molecule has 1 aromatic heterocycles. The van der Waals surface area contributed by atoms with Crippen molar-refractivity contribution in [3.8, 4) is 0 Å². The van der Waals surface area contributed by atoms with Crippen LogP contribution in [-0.4, -0.2) is 23.4 Å². The fourth-order valence-corrected chi connectivity index (χ4v) is 3.10. The Balaban J connectivity index is 1.91. The summed E-state index contributed by atoms with van der Waals surface area (Å²) >= 11 is 5.24. The molecule has 0 aromatic carbocycles. The zero-order valence-corrected chi connectivity index (χ0v) is 9.85. The molecular formula is C9H13BrN2S. The van der Waals surface area contributed by atoms with Crippen LogP contribution in [0.25, 0.3) is 0 Å². The monoisotopic (exact) mass is 260 g/mol. The molecule has 0 spiro atoms. The minimum Gasteiger partial charge on any atom is -0.348 e. The van der Waals surface area contributed by atoms with E-state index in [0.717, 1.165) is 11.2 Å². The van der Waals surface area contributed by atoms with Crippen LogP contribution < -0.4 is 4.90 Å². The van der Waals surface area contributed by atoms with Gasteiger partial charge in [0, 0.05) is 30.0 Å². The van der Waals surface area contributed by atoms with Gasteiger partial charge in [0.05, 0.1) is 0 Å². The Bertz CT molecular complexity index is 250. The molecule has 0 aliphatic carbocycles. The summed E-state index contributed by atoms with van der Waals surface area (Å²) in [6, 6.07) is 0. The van der Waals surface area contributed by atoms with Crippen molar-refractivity contribution in [2.45, 2.75) is 12.8 Å². The molecular weight excluding hydrogens is 248 g/mol. The van der Waals surface area contributed by atoms with Crippen LogP contribution in [0.15, 0.2) is 11.6 Å². The van der Waals surface area contributed by atoms with Gasteiger partial charge in [-0.3, -0.25) is 0 Å². The largest absolute Gasteiger partial charge is 0.348 e. The number of halogens is 1. The Kier molecular flexibility index (Phi) is 3.22. The fraction of sp³-hybridized carbons (Fsp3) is 0.667. The number of aromatic nitrogens is 1. The summed E-state index contributed by atoms with van der Waals surface area (Å²) in [6.07, 6.45) is 4.50. The summed E-state index contributed by atoms with van der Waals surface area (Å²) in [6.45, 7) is 2.38. The van der Waals surface area contributed by atoms with E-state index in [9.17, 15) is 0 Å². The first kappa shape index (κ1) is 9.46. The van der Waals surface area contributed by atoms with Crippen LogP contribution in [0.4, 0.5) is 5.13 Å². The highest BCUT2D eigenvalue weighted by atomic mass is 79.9. The van der Waals surface area contributed by atoms with Crippen molar-refractivity contribution >= 4 is 32.4 Å². The highest BCUT2D eigenvalue weighted by molar-refractivity contribution is 9.09. The molecule has 1 fully saturated rings. The SMILES string of the molecule is BrCCC1CCN(c2nccs2)C1. The normalized spacial score (nSPS) is 22.5. The van der Waals surface area contributed by atoms with Crippen LogP contribution in [-0.2, 0) is 0 Å². The zero-order valence-electron chi connectivity index (χ0n) is 7.45. The summed E-state index contributed by atoms with van der Waals surface area (Å²) in [5, 5.41) is 4.37. The van der Waals surface area contributed by atoms with Gasteiger partial charge in [-0.25, -0.2) is 4.98 Å². The summed E-state index contributed by atoms with van der Waals surface area (Å²) < 4.78 is 0. The number of thiazole rings is 1. The Morgan fingerprint density at radius 2 is 2.62 bits per heavy atom. The molecule has 1 atom stereocenters. The van der Waals surface area contributed by atoms with Crippen molar-refractivity contribution in [2.24, 2.45) is 5.92 Å². The van der Waals surface area contributed by atoms with E-state index in [1.165, 1.54) is 31.1 Å². The summed E-state index contributed by atoms with van der Waals surface area (Å²) in [5.74, 6) is 0.864. The van der Waals surface area contributed by atoms with E-state index in [-0.39, 0.29) is 0 Å². The molecule has 2 heterocycles. The molecule has 0 bridgehead atoms. The molecule has 0 N–H and O–H groups in total. The smallest absolute Gasteiger partial charge is 0.185 e. The van der Waals surface area contributed by atoms with E-state index >= 15 is 0 Å². The van der Waals surface area contributed by atoms with Crippen molar-refractivity contribution in [2.75, 3.05) is 23.3 Å². The highest BCUT2D eigenvalue weighted by Crippen LogP contribution is 2.27. The van der Waals surface area contributed by atoms with Crippen LogP contribution in [0.5, 0.6) is 0 Å². The predicted molar refractivity (Wildman–Crippen MR) is 60.8 cm³/mol. The molecule has 1 aromatic rings. The molecule has 4 heteroatoms. The lowest BCUT2D eigenvalue weighted by molar-refractivity contribution is 0.576. The summed E-state index contributed by atoms with van der Waals surface area (Å²) in [5.41, 5.74) is 0. The number of anilines is 1. The van der Waals surface area contributed by atoms with Crippen LogP contribution in [0.3, 0.4) is 0 Å². The minimum absolute atomic E-state index is 0.864. The highest BCUT2D eigenvalue weighted by Gasteiger charge is 2.22. The van der Waals surface area contributed by atoms with Gasteiger partial charge in [0.15, 0.2) is 5.13 Å². The number of hydrogen-bond donors (Lipinski definition) is 0. The number of rotatable bonds is 3. The van der Waals surface area contributed by atoms with Gasteiger partial charge >= 0.3 is 0 Å².